The Morgan fingerprint density at radius 3 is 2.83 bits per heavy atom. The van der Waals surface area contributed by atoms with E-state index in [-0.39, 0.29) is 11.3 Å². The van der Waals surface area contributed by atoms with Crippen molar-refractivity contribution in [2.75, 3.05) is 17.2 Å². The van der Waals surface area contributed by atoms with Crippen molar-refractivity contribution >= 4 is 17.4 Å². The first-order valence-corrected chi connectivity index (χ1v) is 6.72. The number of carbonyl (C=O) groups excluding carboxylic acids is 1. The van der Waals surface area contributed by atoms with Crippen molar-refractivity contribution in [1.29, 1.82) is 0 Å². The number of amides is 1. The van der Waals surface area contributed by atoms with Gasteiger partial charge in [-0.15, -0.1) is 0 Å². The van der Waals surface area contributed by atoms with Crippen LogP contribution in [0.25, 0.3) is 0 Å². The molecular formula is C14H19N3O. The molecule has 2 aliphatic rings. The summed E-state index contributed by atoms with van der Waals surface area (Å²) in [6.07, 6.45) is 7.35. The average molecular weight is 245 g/mol. The van der Waals surface area contributed by atoms with Crippen LogP contribution in [0.3, 0.4) is 0 Å². The highest BCUT2D eigenvalue weighted by atomic mass is 16.2. The number of nitrogens with one attached hydrogen (secondary N) is 2. The molecule has 0 atom stereocenters. The Balaban J connectivity index is 1.92. The smallest absolute Gasteiger partial charge is 0.232 e. The molecule has 18 heavy (non-hydrogen) atoms. The monoisotopic (exact) mass is 245 g/mol. The minimum atomic E-state index is -0.229. The van der Waals surface area contributed by atoms with E-state index in [4.69, 9.17) is 0 Å². The Labute approximate surface area is 107 Å². The number of hydrogen-bond donors (Lipinski definition) is 2. The number of aromatic nitrogens is 1. The van der Waals surface area contributed by atoms with Crippen LogP contribution in [-0.2, 0) is 4.79 Å². The predicted molar refractivity (Wildman–Crippen MR) is 71.6 cm³/mol. The van der Waals surface area contributed by atoms with Crippen molar-refractivity contribution in [3.05, 3.63) is 17.8 Å². The lowest BCUT2D eigenvalue weighted by atomic mass is 9.73. The number of anilines is 2. The van der Waals surface area contributed by atoms with E-state index in [2.05, 4.69) is 15.6 Å². The molecule has 1 fully saturated rings. The van der Waals surface area contributed by atoms with E-state index in [1.165, 1.54) is 6.42 Å². The molecule has 0 bridgehead atoms. The van der Waals surface area contributed by atoms with Crippen LogP contribution in [0.2, 0.25) is 0 Å². The maximum atomic E-state index is 12.5. The molecule has 2 N–H and O–H groups in total. The zero-order chi connectivity index (χ0) is 12.6. The number of fused-ring (bicyclic) bond motifs is 1. The number of nitrogens with zero attached hydrogens (tertiary/aromatic N) is 1. The second kappa shape index (κ2) is 4.26. The molecule has 2 heterocycles. The van der Waals surface area contributed by atoms with E-state index < -0.39 is 0 Å². The molecule has 1 amide bonds. The number of hydrogen-bond acceptors (Lipinski definition) is 3. The highest BCUT2D eigenvalue weighted by molar-refractivity contribution is 5.99. The molecule has 1 aromatic heterocycles. The molecule has 96 valence electrons. The average Bonchev–Trinajstić information content (AvgIpc) is 2.50. The van der Waals surface area contributed by atoms with E-state index in [9.17, 15) is 4.79 Å². The first kappa shape index (κ1) is 11.5. The van der Waals surface area contributed by atoms with Crippen LogP contribution in [-0.4, -0.2) is 17.4 Å². The summed E-state index contributed by atoms with van der Waals surface area (Å²) in [4.78, 5) is 16.9. The second-order valence-corrected chi connectivity index (χ2v) is 5.56. The van der Waals surface area contributed by atoms with Crippen molar-refractivity contribution in [2.45, 2.75) is 39.0 Å². The summed E-state index contributed by atoms with van der Waals surface area (Å²) in [5.41, 5.74) is 1.66. The molecule has 1 spiro atoms. The molecule has 4 nitrogen and oxygen atoms in total. The maximum Gasteiger partial charge on any atom is 0.232 e. The number of carbonyl (C=O) groups is 1. The van der Waals surface area contributed by atoms with Gasteiger partial charge in [-0.25, -0.2) is 4.98 Å². The minimum Gasteiger partial charge on any atom is -0.367 e. The summed E-state index contributed by atoms with van der Waals surface area (Å²) < 4.78 is 0. The Morgan fingerprint density at radius 2 is 2.06 bits per heavy atom. The Bertz CT molecular complexity index is 478. The zero-order valence-electron chi connectivity index (χ0n) is 10.8. The van der Waals surface area contributed by atoms with Gasteiger partial charge in [0.15, 0.2) is 0 Å². The van der Waals surface area contributed by atoms with Gasteiger partial charge in [-0.2, -0.15) is 0 Å². The second-order valence-electron chi connectivity index (χ2n) is 5.56. The first-order valence-electron chi connectivity index (χ1n) is 6.72. The molecular weight excluding hydrogens is 226 g/mol. The SMILES string of the molecule is Cc1cnc2c(c1)NC(=O)C1(CCCCC1)CN2. The van der Waals surface area contributed by atoms with Crippen LogP contribution in [0.1, 0.15) is 37.7 Å². The van der Waals surface area contributed by atoms with Crippen molar-refractivity contribution in [3.63, 3.8) is 0 Å². The number of aryl methyl sites for hydroxylation is 1. The van der Waals surface area contributed by atoms with Gasteiger partial charge >= 0.3 is 0 Å². The van der Waals surface area contributed by atoms with Gasteiger partial charge in [-0.05, 0) is 31.4 Å². The Hall–Kier alpha value is -1.58. The van der Waals surface area contributed by atoms with E-state index in [1.807, 2.05) is 19.2 Å². The van der Waals surface area contributed by atoms with Gasteiger partial charge in [-0.1, -0.05) is 19.3 Å². The number of rotatable bonds is 0. The number of pyridine rings is 1. The van der Waals surface area contributed by atoms with Gasteiger partial charge < -0.3 is 10.6 Å². The third kappa shape index (κ3) is 1.85. The minimum absolute atomic E-state index is 0.167. The summed E-state index contributed by atoms with van der Waals surface area (Å²) in [5.74, 6) is 0.970. The van der Waals surface area contributed by atoms with E-state index >= 15 is 0 Å². The van der Waals surface area contributed by atoms with Crippen molar-refractivity contribution in [2.24, 2.45) is 5.41 Å². The van der Waals surface area contributed by atoms with E-state index in [0.717, 1.165) is 42.8 Å². The Morgan fingerprint density at radius 1 is 1.28 bits per heavy atom. The van der Waals surface area contributed by atoms with Gasteiger partial charge in [0, 0.05) is 12.7 Å². The molecule has 1 aliphatic heterocycles. The normalized spacial score (nSPS) is 21.7. The predicted octanol–water partition coefficient (Wildman–Crippen LogP) is 2.70. The van der Waals surface area contributed by atoms with Crippen LogP contribution < -0.4 is 10.6 Å². The van der Waals surface area contributed by atoms with Crippen LogP contribution in [0.15, 0.2) is 12.3 Å². The molecule has 3 rings (SSSR count). The maximum absolute atomic E-state index is 12.5. The van der Waals surface area contributed by atoms with Crippen molar-refractivity contribution in [1.82, 2.24) is 4.98 Å². The summed E-state index contributed by atoms with van der Waals surface area (Å²) in [5, 5.41) is 6.41. The third-order valence-corrected chi connectivity index (χ3v) is 4.16. The lowest BCUT2D eigenvalue weighted by molar-refractivity contribution is -0.126. The zero-order valence-corrected chi connectivity index (χ0v) is 10.8. The van der Waals surface area contributed by atoms with Gasteiger partial charge in [0.05, 0.1) is 11.1 Å². The van der Waals surface area contributed by atoms with E-state index in [1.54, 1.807) is 0 Å². The molecule has 1 saturated carbocycles. The van der Waals surface area contributed by atoms with Crippen LogP contribution in [0.5, 0.6) is 0 Å². The van der Waals surface area contributed by atoms with Crippen LogP contribution in [0.4, 0.5) is 11.5 Å². The third-order valence-electron chi connectivity index (χ3n) is 4.16. The summed E-state index contributed by atoms with van der Waals surface area (Å²) in [6, 6.07) is 1.98. The largest absolute Gasteiger partial charge is 0.367 e. The molecule has 0 aromatic carbocycles. The molecule has 0 saturated heterocycles. The topological polar surface area (TPSA) is 54.0 Å². The highest BCUT2D eigenvalue weighted by Crippen LogP contribution is 2.40. The lowest BCUT2D eigenvalue weighted by Gasteiger charge is -2.34. The van der Waals surface area contributed by atoms with Crippen molar-refractivity contribution < 1.29 is 4.79 Å². The van der Waals surface area contributed by atoms with Gasteiger partial charge in [-0.3, -0.25) is 4.79 Å². The fourth-order valence-electron chi connectivity index (χ4n) is 3.03. The van der Waals surface area contributed by atoms with Gasteiger partial charge in [0.25, 0.3) is 0 Å². The quantitative estimate of drug-likeness (QED) is 0.739. The highest BCUT2D eigenvalue weighted by Gasteiger charge is 2.41. The van der Waals surface area contributed by atoms with Crippen LogP contribution in [0, 0.1) is 12.3 Å². The molecule has 0 radical (unpaired) electrons. The standard InChI is InChI=1S/C14H19N3O/c1-10-7-11-12(15-8-10)16-9-14(13(18)17-11)5-3-2-4-6-14/h7-8H,2-6,9H2,1H3,(H,15,16)(H,17,18). The summed E-state index contributed by atoms with van der Waals surface area (Å²) in [7, 11) is 0. The lowest BCUT2D eigenvalue weighted by Crippen LogP contribution is -2.41. The molecule has 1 aliphatic carbocycles. The molecule has 1 aromatic rings. The van der Waals surface area contributed by atoms with Gasteiger partial charge in [0.1, 0.15) is 5.82 Å². The van der Waals surface area contributed by atoms with E-state index in [0.29, 0.717) is 6.54 Å². The summed E-state index contributed by atoms with van der Waals surface area (Å²) >= 11 is 0. The molecule has 0 unspecified atom stereocenters. The fraction of sp³-hybridized carbons (Fsp3) is 0.571. The summed E-state index contributed by atoms with van der Waals surface area (Å²) in [6.45, 7) is 2.70. The fourth-order valence-corrected chi connectivity index (χ4v) is 3.03. The molecule has 4 heteroatoms. The van der Waals surface area contributed by atoms with Crippen LogP contribution >= 0.6 is 0 Å². The van der Waals surface area contributed by atoms with Gasteiger partial charge in [0.2, 0.25) is 5.91 Å². The van der Waals surface area contributed by atoms with Crippen molar-refractivity contribution in [3.8, 4) is 0 Å². The Kier molecular flexibility index (Phi) is 2.73. The first-order chi connectivity index (χ1) is 8.70.